The summed E-state index contributed by atoms with van der Waals surface area (Å²) in [7, 11) is 0. The number of hydrogen-bond donors (Lipinski definition) is 1. The van der Waals surface area contributed by atoms with E-state index in [1.165, 1.54) is 0 Å². The number of rotatable bonds is 4. The number of pyridine rings is 1. The Morgan fingerprint density at radius 3 is 3.00 bits per heavy atom. The lowest BCUT2D eigenvalue weighted by molar-refractivity contribution is 0.658. The summed E-state index contributed by atoms with van der Waals surface area (Å²) in [5.41, 5.74) is 3.01. The molecule has 1 aromatic carbocycles. The summed E-state index contributed by atoms with van der Waals surface area (Å²) >= 11 is 6.20. The molecule has 1 N–H and O–H groups in total. The molecule has 1 unspecified atom stereocenters. The highest BCUT2D eigenvalue weighted by Gasteiger charge is 2.11. The first-order valence-electron chi connectivity index (χ1n) is 7.00. The van der Waals surface area contributed by atoms with Crippen LogP contribution in [-0.4, -0.2) is 14.8 Å². The summed E-state index contributed by atoms with van der Waals surface area (Å²) in [6.07, 6.45) is 5.74. The van der Waals surface area contributed by atoms with Crippen LogP contribution < -0.4 is 5.32 Å². The Hall–Kier alpha value is -2.07. The maximum absolute atomic E-state index is 6.20. The van der Waals surface area contributed by atoms with Crippen LogP contribution in [0.2, 0.25) is 5.02 Å². The standard InChI is InChI=1S/C16H17ClN4/c1-3-21-10-13(9-19-21)11(2)20-15-8-14(17)7-12-5-4-6-18-16(12)15/h4-11,20H,3H2,1-2H3. The van der Waals surface area contributed by atoms with Crippen molar-refractivity contribution >= 4 is 28.2 Å². The SMILES string of the molecule is CCn1cc(C(C)Nc2cc(Cl)cc3cccnc23)cn1. The zero-order valence-corrected chi connectivity index (χ0v) is 12.8. The molecule has 3 aromatic rings. The van der Waals surface area contributed by atoms with Crippen LogP contribution >= 0.6 is 11.6 Å². The van der Waals surface area contributed by atoms with Crippen LogP contribution in [0.3, 0.4) is 0 Å². The predicted octanol–water partition coefficient (Wildman–Crippen LogP) is 4.28. The van der Waals surface area contributed by atoms with Gasteiger partial charge in [-0.3, -0.25) is 9.67 Å². The Labute approximate surface area is 128 Å². The van der Waals surface area contributed by atoms with Crippen molar-refractivity contribution in [2.75, 3.05) is 5.32 Å². The summed E-state index contributed by atoms with van der Waals surface area (Å²) in [4.78, 5) is 4.45. The normalized spacial score (nSPS) is 12.5. The second-order valence-corrected chi connectivity index (χ2v) is 5.46. The fourth-order valence-corrected chi connectivity index (χ4v) is 2.59. The average molecular weight is 301 g/mol. The molecule has 2 heterocycles. The highest BCUT2D eigenvalue weighted by molar-refractivity contribution is 6.31. The summed E-state index contributed by atoms with van der Waals surface area (Å²) < 4.78 is 1.92. The largest absolute Gasteiger partial charge is 0.377 e. The van der Waals surface area contributed by atoms with Gasteiger partial charge >= 0.3 is 0 Å². The van der Waals surface area contributed by atoms with Gasteiger partial charge in [0.15, 0.2) is 0 Å². The maximum Gasteiger partial charge on any atom is 0.0934 e. The molecule has 2 aromatic heterocycles. The lowest BCUT2D eigenvalue weighted by Gasteiger charge is -2.15. The van der Waals surface area contributed by atoms with Gasteiger partial charge < -0.3 is 5.32 Å². The monoisotopic (exact) mass is 300 g/mol. The Morgan fingerprint density at radius 2 is 2.24 bits per heavy atom. The van der Waals surface area contributed by atoms with E-state index in [1.807, 2.05) is 35.1 Å². The minimum absolute atomic E-state index is 0.133. The van der Waals surface area contributed by atoms with E-state index in [2.05, 4.69) is 35.4 Å². The minimum atomic E-state index is 0.133. The molecule has 0 amide bonds. The third-order valence-electron chi connectivity index (χ3n) is 3.52. The summed E-state index contributed by atoms with van der Waals surface area (Å²) in [5, 5.41) is 9.53. The maximum atomic E-state index is 6.20. The highest BCUT2D eigenvalue weighted by Crippen LogP contribution is 2.29. The number of fused-ring (bicyclic) bond motifs is 1. The Kier molecular flexibility index (Phi) is 3.80. The van der Waals surface area contributed by atoms with E-state index in [0.717, 1.165) is 28.7 Å². The lowest BCUT2D eigenvalue weighted by Crippen LogP contribution is -2.06. The van der Waals surface area contributed by atoms with Gasteiger partial charge in [0.1, 0.15) is 0 Å². The molecule has 108 valence electrons. The molecule has 21 heavy (non-hydrogen) atoms. The van der Waals surface area contributed by atoms with Gasteiger partial charge in [-0.15, -0.1) is 0 Å². The van der Waals surface area contributed by atoms with E-state index >= 15 is 0 Å². The van der Waals surface area contributed by atoms with Crippen LogP contribution in [0, 0.1) is 0 Å². The average Bonchev–Trinajstić information content (AvgIpc) is 2.96. The number of halogens is 1. The van der Waals surface area contributed by atoms with E-state index < -0.39 is 0 Å². The van der Waals surface area contributed by atoms with Crippen molar-refractivity contribution in [3.8, 4) is 0 Å². The van der Waals surface area contributed by atoms with E-state index in [0.29, 0.717) is 5.02 Å². The third kappa shape index (κ3) is 2.85. The van der Waals surface area contributed by atoms with Crippen LogP contribution in [0.5, 0.6) is 0 Å². The highest BCUT2D eigenvalue weighted by atomic mass is 35.5. The molecule has 0 saturated heterocycles. The van der Waals surface area contributed by atoms with Gasteiger partial charge in [-0.1, -0.05) is 17.7 Å². The van der Waals surface area contributed by atoms with Gasteiger partial charge in [0.2, 0.25) is 0 Å². The Bertz CT molecular complexity index is 766. The van der Waals surface area contributed by atoms with E-state index in [9.17, 15) is 0 Å². The van der Waals surface area contributed by atoms with Crippen molar-refractivity contribution in [3.63, 3.8) is 0 Å². The van der Waals surface area contributed by atoms with Crippen LogP contribution in [0.1, 0.15) is 25.5 Å². The van der Waals surface area contributed by atoms with Crippen molar-refractivity contribution in [2.45, 2.75) is 26.4 Å². The molecule has 0 aliphatic rings. The smallest absolute Gasteiger partial charge is 0.0934 e. The van der Waals surface area contributed by atoms with Crippen molar-refractivity contribution in [3.05, 3.63) is 53.4 Å². The van der Waals surface area contributed by atoms with Crippen molar-refractivity contribution in [2.24, 2.45) is 0 Å². The third-order valence-corrected chi connectivity index (χ3v) is 3.74. The zero-order valence-electron chi connectivity index (χ0n) is 12.0. The van der Waals surface area contributed by atoms with E-state index in [4.69, 9.17) is 11.6 Å². The van der Waals surface area contributed by atoms with Crippen molar-refractivity contribution in [1.82, 2.24) is 14.8 Å². The first kappa shape index (κ1) is 13.9. The van der Waals surface area contributed by atoms with Gasteiger partial charge in [0.05, 0.1) is 23.4 Å². The number of aromatic nitrogens is 3. The topological polar surface area (TPSA) is 42.7 Å². The molecule has 0 spiro atoms. The molecule has 4 nitrogen and oxygen atoms in total. The molecule has 0 aliphatic heterocycles. The second-order valence-electron chi connectivity index (χ2n) is 5.02. The van der Waals surface area contributed by atoms with E-state index in [-0.39, 0.29) is 6.04 Å². The second kappa shape index (κ2) is 5.74. The van der Waals surface area contributed by atoms with Gasteiger partial charge in [-0.2, -0.15) is 5.10 Å². The molecule has 5 heteroatoms. The molecule has 0 aliphatic carbocycles. The van der Waals surface area contributed by atoms with Crippen LogP contribution in [-0.2, 0) is 6.54 Å². The molecule has 0 bridgehead atoms. The Balaban J connectivity index is 1.93. The summed E-state index contributed by atoms with van der Waals surface area (Å²) in [5.74, 6) is 0. The minimum Gasteiger partial charge on any atom is -0.377 e. The Morgan fingerprint density at radius 1 is 1.38 bits per heavy atom. The molecular formula is C16H17ClN4. The van der Waals surface area contributed by atoms with Crippen LogP contribution in [0.15, 0.2) is 42.9 Å². The fourth-order valence-electron chi connectivity index (χ4n) is 2.36. The van der Waals surface area contributed by atoms with Gasteiger partial charge in [-0.05, 0) is 32.0 Å². The lowest BCUT2D eigenvalue weighted by atomic mass is 10.1. The first-order valence-corrected chi connectivity index (χ1v) is 7.38. The number of benzene rings is 1. The number of anilines is 1. The molecule has 0 radical (unpaired) electrons. The summed E-state index contributed by atoms with van der Waals surface area (Å²) in [6, 6.07) is 7.90. The molecule has 1 atom stereocenters. The molecule has 0 fully saturated rings. The quantitative estimate of drug-likeness (QED) is 0.782. The number of nitrogens with one attached hydrogen (secondary N) is 1. The van der Waals surface area contributed by atoms with Crippen LogP contribution in [0.4, 0.5) is 5.69 Å². The summed E-state index contributed by atoms with van der Waals surface area (Å²) in [6.45, 7) is 5.05. The predicted molar refractivity (Wildman–Crippen MR) is 86.7 cm³/mol. The van der Waals surface area contributed by atoms with Crippen molar-refractivity contribution in [1.29, 1.82) is 0 Å². The first-order chi connectivity index (χ1) is 10.2. The number of nitrogens with zero attached hydrogens (tertiary/aromatic N) is 3. The van der Waals surface area contributed by atoms with Gasteiger partial charge in [0, 0.05) is 34.9 Å². The molecular weight excluding hydrogens is 284 g/mol. The van der Waals surface area contributed by atoms with Crippen molar-refractivity contribution < 1.29 is 0 Å². The zero-order chi connectivity index (χ0) is 14.8. The van der Waals surface area contributed by atoms with Crippen LogP contribution in [0.25, 0.3) is 10.9 Å². The molecule has 0 saturated carbocycles. The van der Waals surface area contributed by atoms with E-state index in [1.54, 1.807) is 6.20 Å². The number of aryl methyl sites for hydroxylation is 1. The fraction of sp³-hybridized carbons (Fsp3) is 0.250. The number of hydrogen-bond acceptors (Lipinski definition) is 3. The van der Waals surface area contributed by atoms with Gasteiger partial charge in [0.25, 0.3) is 0 Å². The van der Waals surface area contributed by atoms with Gasteiger partial charge in [-0.25, -0.2) is 0 Å². The molecule has 3 rings (SSSR count).